The van der Waals surface area contributed by atoms with Crippen LogP contribution >= 0.6 is 11.8 Å². The summed E-state index contributed by atoms with van der Waals surface area (Å²) in [4.78, 5) is 14.6. The first kappa shape index (κ1) is 20.7. The predicted molar refractivity (Wildman–Crippen MR) is 115 cm³/mol. The summed E-state index contributed by atoms with van der Waals surface area (Å²) in [5, 5.41) is 15.2. The van der Waals surface area contributed by atoms with Crippen molar-refractivity contribution in [3.63, 3.8) is 0 Å². The van der Waals surface area contributed by atoms with E-state index in [0.717, 1.165) is 35.9 Å². The topological polar surface area (TPSA) is 85.2 Å². The minimum absolute atomic E-state index is 0.116. The Hall–Kier alpha value is -3.07. The van der Waals surface area contributed by atoms with Crippen molar-refractivity contribution >= 4 is 29.0 Å². The zero-order valence-corrected chi connectivity index (χ0v) is 17.5. The lowest BCUT2D eigenvalue weighted by Crippen LogP contribution is -2.21. The first-order valence-corrected chi connectivity index (χ1v) is 10.3. The Kier molecular flexibility index (Phi) is 7.07. The third-order valence-corrected chi connectivity index (χ3v) is 5.29. The number of anilines is 2. The zero-order chi connectivity index (χ0) is 20.6. The number of hydrogen-bond donors (Lipinski definition) is 1. The average molecular weight is 413 g/mol. The number of amides is 1. The molecule has 152 valence electrons. The number of hydrogen-bond acceptors (Lipinski definition) is 7. The van der Waals surface area contributed by atoms with Gasteiger partial charge in [-0.25, -0.2) is 0 Å². The standard InChI is InChI=1S/C20H24N6O2S/c1-4-25(5-2)16-8-6-15(7-9-16)21-19(27)14-29-20-22-23-24-26(20)17-10-12-18(28-3)13-11-17/h6-13H,4-5,14H2,1-3H3,(H,21,27). The van der Waals surface area contributed by atoms with Crippen LogP contribution < -0.4 is 15.0 Å². The minimum atomic E-state index is -0.116. The number of benzene rings is 2. The van der Waals surface area contributed by atoms with Gasteiger partial charge in [-0.15, -0.1) is 5.10 Å². The molecule has 0 atom stereocenters. The number of ether oxygens (including phenoxy) is 1. The highest BCUT2D eigenvalue weighted by Crippen LogP contribution is 2.21. The number of nitrogens with zero attached hydrogens (tertiary/aromatic N) is 5. The number of tetrazole rings is 1. The van der Waals surface area contributed by atoms with Gasteiger partial charge in [-0.05, 0) is 72.8 Å². The lowest BCUT2D eigenvalue weighted by molar-refractivity contribution is -0.113. The molecule has 8 nitrogen and oxygen atoms in total. The van der Waals surface area contributed by atoms with Crippen LogP contribution in [0.3, 0.4) is 0 Å². The fourth-order valence-corrected chi connectivity index (χ4v) is 3.52. The molecule has 2 aromatic carbocycles. The summed E-state index contributed by atoms with van der Waals surface area (Å²) in [6.45, 7) is 6.13. The lowest BCUT2D eigenvalue weighted by Gasteiger charge is -2.21. The molecule has 9 heteroatoms. The smallest absolute Gasteiger partial charge is 0.234 e. The molecule has 0 bridgehead atoms. The molecule has 1 aromatic heterocycles. The van der Waals surface area contributed by atoms with Gasteiger partial charge in [-0.3, -0.25) is 4.79 Å². The summed E-state index contributed by atoms with van der Waals surface area (Å²) >= 11 is 1.28. The number of rotatable bonds is 9. The van der Waals surface area contributed by atoms with Crippen molar-refractivity contribution in [2.24, 2.45) is 0 Å². The van der Waals surface area contributed by atoms with Gasteiger partial charge in [-0.1, -0.05) is 11.8 Å². The molecule has 0 aliphatic carbocycles. The monoisotopic (exact) mass is 412 g/mol. The van der Waals surface area contributed by atoms with Crippen LogP contribution in [0.15, 0.2) is 53.7 Å². The Labute approximate surface area is 174 Å². The van der Waals surface area contributed by atoms with Crippen LogP contribution in [0.1, 0.15) is 13.8 Å². The van der Waals surface area contributed by atoms with Crippen LogP contribution in [-0.2, 0) is 4.79 Å². The lowest BCUT2D eigenvalue weighted by atomic mass is 10.2. The van der Waals surface area contributed by atoms with Gasteiger partial charge in [0.25, 0.3) is 0 Å². The van der Waals surface area contributed by atoms with Gasteiger partial charge in [0.2, 0.25) is 11.1 Å². The maximum absolute atomic E-state index is 12.3. The molecule has 1 heterocycles. The van der Waals surface area contributed by atoms with E-state index in [9.17, 15) is 4.79 Å². The van der Waals surface area contributed by atoms with Gasteiger partial charge >= 0.3 is 0 Å². The molecular formula is C20H24N6O2S. The molecule has 1 amide bonds. The summed E-state index contributed by atoms with van der Waals surface area (Å²) < 4.78 is 6.76. The third kappa shape index (κ3) is 5.26. The van der Waals surface area contributed by atoms with Crippen molar-refractivity contribution in [3.05, 3.63) is 48.5 Å². The van der Waals surface area contributed by atoms with Crippen molar-refractivity contribution in [2.75, 3.05) is 36.2 Å². The number of carbonyl (C=O) groups excluding carboxylic acids is 1. The van der Waals surface area contributed by atoms with E-state index in [1.807, 2.05) is 48.5 Å². The normalized spacial score (nSPS) is 10.6. The van der Waals surface area contributed by atoms with Gasteiger partial charge in [0.15, 0.2) is 0 Å². The van der Waals surface area contributed by atoms with Gasteiger partial charge in [0.1, 0.15) is 5.75 Å². The molecule has 29 heavy (non-hydrogen) atoms. The molecule has 3 aromatic rings. The Bertz CT molecular complexity index is 923. The molecule has 0 aliphatic rings. The molecule has 3 rings (SSSR count). The molecule has 0 aliphatic heterocycles. The van der Waals surface area contributed by atoms with Crippen LogP contribution in [-0.4, -0.2) is 52.1 Å². The van der Waals surface area contributed by atoms with E-state index in [4.69, 9.17) is 4.74 Å². The number of nitrogens with one attached hydrogen (secondary N) is 1. The number of aromatic nitrogens is 4. The number of thioether (sulfide) groups is 1. The van der Waals surface area contributed by atoms with Crippen LogP contribution in [0.5, 0.6) is 5.75 Å². The van der Waals surface area contributed by atoms with Gasteiger partial charge in [-0.2, -0.15) is 4.68 Å². The SMILES string of the molecule is CCN(CC)c1ccc(NC(=O)CSc2nnnn2-c2ccc(OC)cc2)cc1. The van der Waals surface area contributed by atoms with Crippen molar-refractivity contribution in [1.29, 1.82) is 0 Å². The Balaban J connectivity index is 1.58. The van der Waals surface area contributed by atoms with Crippen LogP contribution in [0.2, 0.25) is 0 Å². The van der Waals surface area contributed by atoms with Crippen LogP contribution in [0.4, 0.5) is 11.4 Å². The molecule has 0 radical (unpaired) electrons. The average Bonchev–Trinajstić information content (AvgIpc) is 3.23. The molecule has 0 unspecified atom stereocenters. The van der Waals surface area contributed by atoms with E-state index in [-0.39, 0.29) is 11.7 Å². The summed E-state index contributed by atoms with van der Waals surface area (Å²) in [7, 11) is 1.61. The highest BCUT2D eigenvalue weighted by molar-refractivity contribution is 7.99. The second kappa shape index (κ2) is 9.92. The van der Waals surface area contributed by atoms with Gasteiger partial charge < -0.3 is 15.0 Å². The quantitative estimate of drug-likeness (QED) is 0.540. The molecule has 0 spiro atoms. The second-order valence-electron chi connectivity index (χ2n) is 6.13. The third-order valence-electron chi connectivity index (χ3n) is 4.37. The van der Waals surface area contributed by atoms with Crippen LogP contribution in [0, 0.1) is 0 Å². The van der Waals surface area contributed by atoms with E-state index < -0.39 is 0 Å². The highest BCUT2D eigenvalue weighted by Gasteiger charge is 2.12. The van der Waals surface area contributed by atoms with E-state index in [1.165, 1.54) is 11.8 Å². The maximum Gasteiger partial charge on any atom is 0.234 e. The summed E-state index contributed by atoms with van der Waals surface area (Å²) in [6, 6.07) is 15.2. The summed E-state index contributed by atoms with van der Waals surface area (Å²) in [5.41, 5.74) is 2.70. The largest absolute Gasteiger partial charge is 0.497 e. The Morgan fingerprint density at radius 3 is 2.41 bits per heavy atom. The minimum Gasteiger partial charge on any atom is -0.497 e. The molecular weight excluding hydrogens is 388 g/mol. The van der Waals surface area contributed by atoms with Crippen molar-refractivity contribution < 1.29 is 9.53 Å². The van der Waals surface area contributed by atoms with E-state index >= 15 is 0 Å². The first-order chi connectivity index (χ1) is 14.1. The van der Waals surface area contributed by atoms with Crippen LogP contribution in [0.25, 0.3) is 5.69 Å². The van der Waals surface area contributed by atoms with E-state index in [1.54, 1.807) is 11.8 Å². The Morgan fingerprint density at radius 2 is 1.79 bits per heavy atom. The maximum atomic E-state index is 12.3. The van der Waals surface area contributed by atoms with Crippen molar-refractivity contribution in [3.8, 4) is 11.4 Å². The molecule has 0 saturated carbocycles. The fourth-order valence-electron chi connectivity index (χ4n) is 2.83. The van der Waals surface area contributed by atoms with E-state index in [0.29, 0.717) is 5.16 Å². The number of methoxy groups -OCH3 is 1. The molecule has 0 fully saturated rings. The highest BCUT2D eigenvalue weighted by atomic mass is 32.2. The fraction of sp³-hybridized carbons (Fsp3) is 0.300. The zero-order valence-electron chi connectivity index (χ0n) is 16.7. The molecule has 0 saturated heterocycles. The van der Waals surface area contributed by atoms with Crippen molar-refractivity contribution in [2.45, 2.75) is 19.0 Å². The number of carbonyl (C=O) groups is 1. The summed E-state index contributed by atoms with van der Waals surface area (Å²) in [6.07, 6.45) is 0. The van der Waals surface area contributed by atoms with Crippen molar-refractivity contribution in [1.82, 2.24) is 20.2 Å². The van der Waals surface area contributed by atoms with Gasteiger partial charge in [0.05, 0.1) is 18.6 Å². The summed E-state index contributed by atoms with van der Waals surface area (Å²) in [5.74, 6) is 0.839. The van der Waals surface area contributed by atoms with Gasteiger partial charge in [0, 0.05) is 24.5 Å². The first-order valence-electron chi connectivity index (χ1n) is 9.35. The predicted octanol–water partition coefficient (Wildman–Crippen LogP) is 3.25. The second-order valence-corrected chi connectivity index (χ2v) is 7.07. The van der Waals surface area contributed by atoms with E-state index in [2.05, 4.69) is 39.6 Å². The molecule has 1 N–H and O–H groups in total. The Morgan fingerprint density at radius 1 is 1.10 bits per heavy atom.